The van der Waals surface area contributed by atoms with Crippen LogP contribution in [0.1, 0.15) is 22.4 Å². The summed E-state index contributed by atoms with van der Waals surface area (Å²) >= 11 is 0.914. The van der Waals surface area contributed by atoms with E-state index in [-0.39, 0.29) is 6.03 Å². The molecule has 2 heterocycles. The lowest BCUT2D eigenvalue weighted by atomic mass is 10.1. The van der Waals surface area contributed by atoms with Crippen molar-refractivity contribution < 1.29 is 18.0 Å². The van der Waals surface area contributed by atoms with Gasteiger partial charge >= 0.3 is 12.2 Å². The molecule has 0 saturated heterocycles. The van der Waals surface area contributed by atoms with E-state index in [1.165, 1.54) is 12.3 Å². The molecule has 0 radical (unpaired) electrons. The van der Waals surface area contributed by atoms with Crippen molar-refractivity contribution in [3.8, 4) is 5.69 Å². The third-order valence-corrected chi connectivity index (χ3v) is 6.47. The second kappa shape index (κ2) is 10.2. The Hall–Kier alpha value is -4.38. The molecule has 0 aliphatic rings. The van der Waals surface area contributed by atoms with Gasteiger partial charge in [-0.3, -0.25) is 9.29 Å². The molecule has 0 saturated carbocycles. The highest BCUT2D eigenvalue weighted by Crippen LogP contribution is 2.30. The molecular weight excluding hydrogens is 513 g/mol. The predicted molar refractivity (Wildman–Crippen MR) is 145 cm³/mol. The highest BCUT2D eigenvalue weighted by atomic mass is 32.2. The van der Waals surface area contributed by atoms with E-state index in [0.717, 1.165) is 56.9 Å². The van der Waals surface area contributed by atoms with E-state index < -0.39 is 11.9 Å². The second-order valence-electron chi connectivity index (χ2n) is 8.58. The molecule has 5 rings (SSSR count). The molecule has 7 nitrogen and oxygen atoms in total. The van der Waals surface area contributed by atoms with E-state index in [9.17, 15) is 18.0 Å². The van der Waals surface area contributed by atoms with Crippen molar-refractivity contribution in [2.24, 2.45) is 4.40 Å². The first-order valence-corrected chi connectivity index (χ1v) is 12.2. The molecule has 0 aliphatic carbocycles. The molecule has 11 heteroatoms. The Balaban J connectivity index is 1.29. The average Bonchev–Trinajstić information content (AvgIpc) is 3.33. The number of amides is 2. The number of carbonyl (C=O) groups is 1. The summed E-state index contributed by atoms with van der Waals surface area (Å²) in [6.07, 6.45) is -0.106. The Kier molecular flexibility index (Phi) is 6.77. The summed E-state index contributed by atoms with van der Waals surface area (Å²) < 4.78 is 47.1. The Labute approximate surface area is 220 Å². The molecule has 0 fully saturated rings. The predicted octanol–water partition coefficient (Wildman–Crippen LogP) is 7.01. The van der Waals surface area contributed by atoms with Crippen LogP contribution in [-0.2, 0) is 6.18 Å². The third kappa shape index (κ3) is 5.18. The summed E-state index contributed by atoms with van der Waals surface area (Å²) in [5.41, 5.74) is 4.54. The van der Waals surface area contributed by atoms with E-state index in [2.05, 4.69) is 24.4 Å². The van der Waals surface area contributed by atoms with Gasteiger partial charge in [-0.25, -0.2) is 19.2 Å². The van der Waals surface area contributed by atoms with Crippen molar-refractivity contribution in [1.29, 1.82) is 0 Å². The minimum atomic E-state index is -4.49. The van der Waals surface area contributed by atoms with Crippen LogP contribution in [0.4, 0.5) is 23.7 Å². The summed E-state index contributed by atoms with van der Waals surface area (Å²) in [6, 6.07) is 17.2. The fourth-order valence-electron chi connectivity index (χ4n) is 4.12. The Bertz CT molecular complexity index is 1660. The number of para-hydroxylation sites is 1. The normalized spacial score (nSPS) is 11.9. The number of hydrogen-bond acceptors (Lipinski definition) is 5. The summed E-state index contributed by atoms with van der Waals surface area (Å²) in [5.74, 6) is 0. The van der Waals surface area contributed by atoms with E-state index in [4.69, 9.17) is 0 Å². The standard InChI is InChI=1S/C27H21F3N6OS/c1-16-4-3-5-17(2)24(16)34-26(37)35-38-33-13-18-6-9-21-19(12-18)7-10-22-25(21)32-15-36(22)20-8-11-23(31-14-20)27(28,29)30/h3-15H,1-2H3,(H2,34,35,37). The Morgan fingerprint density at radius 2 is 1.82 bits per heavy atom. The maximum Gasteiger partial charge on any atom is 0.433 e. The van der Waals surface area contributed by atoms with Crippen LogP contribution in [0.25, 0.3) is 27.5 Å². The smallest absolute Gasteiger partial charge is 0.307 e. The molecule has 2 amide bonds. The van der Waals surface area contributed by atoms with Crippen LogP contribution < -0.4 is 10.0 Å². The summed E-state index contributed by atoms with van der Waals surface area (Å²) in [6.45, 7) is 3.86. The van der Waals surface area contributed by atoms with Gasteiger partial charge in [0.25, 0.3) is 0 Å². The van der Waals surface area contributed by atoms with Gasteiger partial charge in [0.05, 0.1) is 35.1 Å². The molecule has 0 spiro atoms. The van der Waals surface area contributed by atoms with Crippen molar-refractivity contribution in [3.63, 3.8) is 0 Å². The number of nitrogens with zero attached hydrogens (tertiary/aromatic N) is 4. The van der Waals surface area contributed by atoms with Gasteiger partial charge in [0, 0.05) is 17.3 Å². The number of urea groups is 1. The second-order valence-corrected chi connectivity index (χ2v) is 9.17. The Morgan fingerprint density at radius 3 is 2.53 bits per heavy atom. The topological polar surface area (TPSA) is 84.2 Å². The van der Waals surface area contributed by atoms with Crippen LogP contribution in [0.15, 0.2) is 77.6 Å². The molecule has 5 aromatic rings. The average molecular weight is 535 g/mol. The van der Waals surface area contributed by atoms with E-state index in [1.807, 2.05) is 62.4 Å². The van der Waals surface area contributed by atoms with Crippen LogP contribution >= 0.6 is 12.1 Å². The molecule has 3 aromatic carbocycles. The number of aromatic nitrogens is 3. The number of imidazole rings is 1. The summed E-state index contributed by atoms with van der Waals surface area (Å²) in [4.78, 5) is 20.2. The number of alkyl halides is 3. The lowest BCUT2D eigenvalue weighted by molar-refractivity contribution is -0.141. The highest BCUT2D eigenvalue weighted by molar-refractivity contribution is 7.96. The number of fused-ring (bicyclic) bond motifs is 3. The first kappa shape index (κ1) is 25.3. The van der Waals surface area contributed by atoms with Gasteiger partial charge in [0.15, 0.2) is 0 Å². The number of carbonyl (C=O) groups excluding carboxylic acids is 1. The van der Waals surface area contributed by atoms with Gasteiger partial charge in [-0.1, -0.05) is 36.4 Å². The van der Waals surface area contributed by atoms with Gasteiger partial charge in [-0.15, -0.1) is 0 Å². The van der Waals surface area contributed by atoms with Crippen LogP contribution in [0.2, 0.25) is 0 Å². The van der Waals surface area contributed by atoms with Gasteiger partial charge < -0.3 is 5.32 Å². The lowest BCUT2D eigenvalue weighted by Crippen LogP contribution is -2.23. The molecule has 38 heavy (non-hydrogen) atoms. The highest BCUT2D eigenvalue weighted by Gasteiger charge is 2.32. The molecular formula is C27H21F3N6OS. The number of benzene rings is 3. The van der Waals surface area contributed by atoms with Crippen molar-refractivity contribution in [2.75, 3.05) is 5.32 Å². The number of halogens is 3. The van der Waals surface area contributed by atoms with Crippen LogP contribution in [0.5, 0.6) is 0 Å². The molecule has 0 unspecified atom stereocenters. The molecule has 2 aromatic heterocycles. The maximum absolute atomic E-state index is 12.8. The third-order valence-electron chi connectivity index (χ3n) is 5.98. The van der Waals surface area contributed by atoms with Crippen molar-refractivity contribution in [3.05, 3.63) is 95.6 Å². The zero-order valence-corrected chi connectivity index (χ0v) is 21.1. The summed E-state index contributed by atoms with van der Waals surface area (Å²) in [7, 11) is 0. The van der Waals surface area contributed by atoms with E-state index >= 15 is 0 Å². The van der Waals surface area contributed by atoms with Crippen molar-refractivity contribution in [2.45, 2.75) is 20.0 Å². The number of pyridine rings is 1. The van der Waals surface area contributed by atoms with Crippen molar-refractivity contribution in [1.82, 2.24) is 19.3 Å². The number of anilines is 1. The molecule has 2 N–H and O–H groups in total. The number of rotatable bonds is 5. The number of aryl methyl sites for hydroxylation is 2. The zero-order chi connectivity index (χ0) is 26.9. The number of hydrogen-bond donors (Lipinski definition) is 2. The SMILES string of the molecule is Cc1cccc(C)c1NC(=O)NSN=Cc1ccc2c(ccc3c2ncn3-c2ccc(C(F)(F)F)nc2)c1. The van der Waals surface area contributed by atoms with Crippen LogP contribution in [0, 0.1) is 13.8 Å². The molecule has 0 aliphatic heterocycles. The maximum atomic E-state index is 12.8. The fraction of sp³-hybridized carbons (Fsp3) is 0.111. The minimum absolute atomic E-state index is 0.371. The minimum Gasteiger partial charge on any atom is -0.307 e. The monoisotopic (exact) mass is 534 g/mol. The molecule has 0 bridgehead atoms. The summed E-state index contributed by atoms with van der Waals surface area (Å²) in [5, 5.41) is 4.64. The Morgan fingerprint density at radius 1 is 1.03 bits per heavy atom. The first-order valence-electron chi connectivity index (χ1n) is 11.5. The van der Waals surface area contributed by atoms with Crippen LogP contribution in [-0.4, -0.2) is 26.8 Å². The van der Waals surface area contributed by atoms with Crippen LogP contribution in [0.3, 0.4) is 0 Å². The zero-order valence-electron chi connectivity index (χ0n) is 20.2. The first-order chi connectivity index (χ1) is 18.2. The molecule has 0 atom stereocenters. The van der Waals surface area contributed by atoms with E-state index in [1.54, 1.807) is 17.1 Å². The van der Waals surface area contributed by atoms with Gasteiger partial charge in [0.1, 0.15) is 12.0 Å². The number of nitrogens with one attached hydrogen (secondary N) is 2. The lowest BCUT2D eigenvalue weighted by Gasteiger charge is -2.10. The molecule has 192 valence electrons. The van der Waals surface area contributed by atoms with Gasteiger partial charge in [-0.05, 0) is 60.2 Å². The quantitative estimate of drug-likeness (QED) is 0.188. The van der Waals surface area contributed by atoms with Gasteiger partial charge in [-0.2, -0.15) is 13.2 Å². The van der Waals surface area contributed by atoms with Crippen molar-refractivity contribution >= 4 is 51.9 Å². The van der Waals surface area contributed by atoms with E-state index in [0.29, 0.717) is 11.2 Å². The fourth-order valence-corrected chi connectivity index (χ4v) is 4.48. The largest absolute Gasteiger partial charge is 0.433 e. The van der Waals surface area contributed by atoms with Gasteiger partial charge in [0.2, 0.25) is 0 Å².